The molecule has 1 rings (SSSR count). The summed E-state index contributed by atoms with van der Waals surface area (Å²) >= 11 is 0. The van der Waals surface area contributed by atoms with Crippen LogP contribution in [0.15, 0.2) is 0 Å². The van der Waals surface area contributed by atoms with Gasteiger partial charge in [-0.1, -0.05) is 6.92 Å². The van der Waals surface area contributed by atoms with Gasteiger partial charge in [0.15, 0.2) is 0 Å². The topological polar surface area (TPSA) is 92.2 Å². The summed E-state index contributed by atoms with van der Waals surface area (Å²) in [4.78, 5) is 12.6. The second-order valence-electron chi connectivity index (χ2n) is 4.81. The van der Waals surface area contributed by atoms with Crippen molar-refractivity contribution in [1.82, 2.24) is 15.0 Å². The number of aromatic nitrogens is 3. The predicted octanol–water partition coefficient (Wildman–Crippen LogP) is 1.27. The molecule has 0 unspecified atom stereocenters. The summed E-state index contributed by atoms with van der Waals surface area (Å²) in [6, 6.07) is 0.282. The van der Waals surface area contributed by atoms with Gasteiger partial charge in [-0.2, -0.15) is 15.0 Å². The number of ether oxygens (including phenoxy) is 1. The van der Waals surface area contributed by atoms with Crippen LogP contribution in [0.5, 0.6) is 6.01 Å². The Balaban J connectivity index is 2.91. The van der Waals surface area contributed by atoms with Crippen LogP contribution in [-0.2, 0) is 0 Å². The highest BCUT2D eigenvalue weighted by atomic mass is 16.5. The molecule has 0 spiro atoms. The third-order valence-electron chi connectivity index (χ3n) is 2.23. The van der Waals surface area contributed by atoms with Crippen LogP contribution < -0.4 is 15.4 Å². The number of anilines is 2. The van der Waals surface area contributed by atoms with Crippen molar-refractivity contribution in [1.29, 1.82) is 0 Å². The van der Waals surface area contributed by atoms with Crippen LogP contribution in [0.4, 0.5) is 11.9 Å². The van der Waals surface area contributed by atoms with Crippen LogP contribution in [-0.4, -0.2) is 45.4 Å². The average Bonchev–Trinajstić information content (AvgIpc) is 2.36. The zero-order valence-electron chi connectivity index (χ0n) is 12.0. The summed E-state index contributed by atoms with van der Waals surface area (Å²) in [7, 11) is 0. The van der Waals surface area contributed by atoms with Gasteiger partial charge in [0.25, 0.3) is 0 Å². The highest BCUT2D eigenvalue weighted by Gasteiger charge is 2.18. The van der Waals surface area contributed by atoms with Crippen LogP contribution >= 0.6 is 0 Å². The van der Waals surface area contributed by atoms with E-state index in [1.54, 1.807) is 0 Å². The average molecular weight is 269 g/mol. The van der Waals surface area contributed by atoms with Gasteiger partial charge in [0.2, 0.25) is 11.9 Å². The molecule has 0 saturated carbocycles. The van der Waals surface area contributed by atoms with E-state index in [0.717, 1.165) is 6.42 Å². The van der Waals surface area contributed by atoms with E-state index in [0.29, 0.717) is 25.0 Å². The Bertz CT molecular complexity index is 398. The van der Waals surface area contributed by atoms with Crippen molar-refractivity contribution in [2.75, 3.05) is 30.4 Å². The molecule has 1 aromatic heterocycles. The molecule has 1 heterocycles. The monoisotopic (exact) mass is 269 g/mol. The van der Waals surface area contributed by atoms with E-state index >= 15 is 0 Å². The highest BCUT2D eigenvalue weighted by Crippen LogP contribution is 2.15. The highest BCUT2D eigenvalue weighted by molar-refractivity contribution is 5.37. The van der Waals surface area contributed by atoms with Crippen molar-refractivity contribution in [3.63, 3.8) is 0 Å². The minimum atomic E-state index is -0.507. The Labute approximate surface area is 113 Å². The molecule has 19 heavy (non-hydrogen) atoms. The Morgan fingerprint density at radius 3 is 2.42 bits per heavy atom. The van der Waals surface area contributed by atoms with Crippen molar-refractivity contribution in [2.45, 2.75) is 39.7 Å². The summed E-state index contributed by atoms with van der Waals surface area (Å²) in [6.07, 6.45) is 0.882. The number of rotatable bonds is 8. The van der Waals surface area contributed by atoms with Crippen molar-refractivity contribution in [3.05, 3.63) is 0 Å². The molecular weight excluding hydrogens is 246 g/mol. The summed E-state index contributed by atoms with van der Waals surface area (Å²) in [6.45, 7) is 8.92. The lowest BCUT2D eigenvalue weighted by molar-refractivity contribution is 0.233. The first-order chi connectivity index (χ1) is 9.00. The Morgan fingerprint density at radius 2 is 1.84 bits per heavy atom. The molecule has 0 aliphatic rings. The van der Waals surface area contributed by atoms with Gasteiger partial charge in [-0.25, -0.2) is 0 Å². The molecule has 1 aromatic rings. The largest absolute Gasteiger partial charge is 0.463 e. The minimum absolute atomic E-state index is 0.0274. The lowest BCUT2D eigenvalue weighted by Gasteiger charge is -2.23. The molecule has 0 amide bonds. The molecule has 7 heteroatoms. The SMILES string of the molecule is CCCOc1nc(NCC)nc(NC(C)(C)CO)n1. The van der Waals surface area contributed by atoms with Crippen molar-refractivity contribution < 1.29 is 9.84 Å². The lowest BCUT2D eigenvalue weighted by Crippen LogP contribution is -2.35. The number of aliphatic hydroxyl groups excluding tert-OH is 1. The van der Waals surface area contributed by atoms with Crippen LogP contribution in [0, 0.1) is 0 Å². The molecule has 7 nitrogen and oxygen atoms in total. The number of aliphatic hydroxyl groups is 1. The standard InChI is InChI=1S/C12H23N5O2/c1-5-7-19-11-15-9(13-6-2)14-10(16-11)17-12(3,4)8-18/h18H,5-8H2,1-4H3,(H2,13,14,15,16,17). The van der Waals surface area contributed by atoms with Crippen molar-refractivity contribution in [3.8, 4) is 6.01 Å². The van der Waals surface area contributed by atoms with Crippen LogP contribution in [0.25, 0.3) is 0 Å². The fourth-order valence-electron chi connectivity index (χ4n) is 1.25. The molecule has 0 aliphatic carbocycles. The van der Waals surface area contributed by atoms with Crippen LogP contribution in [0.1, 0.15) is 34.1 Å². The normalized spacial score (nSPS) is 11.2. The van der Waals surface area contributed by atoms with Gasteiger partial charge in [0, 0.05) is 6.54 Å². The van der Waals surface area contributed by atoms with Gasteiger partial charge >= 0.3 is 6.01 Å². The number of hydrogen-bond acceptors (Lipinski definition) is 7. The lowest BCUT2D eigenvalue weighted by atomic mass is 10.1. The van der Waals surface area contributed by atoms with Crippen molar-refractivity contribution >= 4 is 11.9 Å². The zero-order chi connectivity index (χ0) is 14.3. The van der Waals surface area contributed by atoms with Crippen LogP contribution in [0.2, 0.25) is 0 Å². The molecular formula is C12H23N5O2. The maximum atomic E-state index is 9.26. The van der Waals surface area contributed by atoms with Gasteiger partial charge in [0.05, 0.1) is 18.8 Å². The first-order valence-electron chi connectivity index (χ1n) is 6.52. The molecule has 0 fully saturated rings. The number of hydrogen-bond donors (Lipinski definition) is 3. The first kappa shape index (κ1) is 15.4. The molecule has 0 bridgehead atoms. The Kier molecular flexibility index (Phi) is 5.75. The van der Waals surface area contributed by atoms with Gasteiger partial charge in [-0.15, -0.1) is 0 Å². The van der Waals surface area contributed by atoms with Gasteiger partial charge in [-0.05, 0) is 27.2 Å². The second kappa shape index (κ2) is 7.08. The fourth-order valence-corrected chi connectivity index (χ4v) is 1.25. The third kappa shape index (κ3) is 5.25. The minimum Gasteiger partial charge on any atom is -0.463 e. The molecule has 3 N–H and O–H groups in total. The molecule has 0 radical (unpaired) electrons. The van der Waals surface area contributed by atoms with Gasteiger partial charge in [0.1, 0.15) is 0 Å². The molecule has 0 saturated heterocycles. The summed E-state index contributed by atoms with van der Waals surface area (Å²) in [5.74, 6) is 0.843. The Hall–Kier alpha value is -1.63. The maximum absolute atomic E-state index is 9.26. The maximum Gasteiger partial charge on any atom is 0.323 e. The number of nitrogens with zero attached hydrogens (tertiary/aromatic N) is 3. The van der Waals surface area contributed by atoms with Gasteiger partial charge in [-0.3, -0.25) is 0 Å². The second-order valence-corrected chi connectivity index (χ2v) is 4.81. The van der Waals surface area contributed by atoms with E-state index < -0.39 is 5.54 Å². The molecule has 108 valence electrons. The molecule has 0 aliphatic heterocycles. The van der Waals surface area contributed by atoms with E-state index in [4.69, 9.17) is 4.74 Å². The summed E-state index contributed by atoms with van der Waals surface area (Å²) in [5.41, 5.74) is -0.507. The van der Waals surface area contributed by atoms with E-state index in [2.05, 4.69) is 25.6 Å². The fraction of sp³-hybridized carbons (Fsp3) is 0.750. The van der Waals surface area contributed by atoms with Crippen molar-refractivity contribution in [2.24, 2.45) is 0 Å². The van der Waals surface area contributed by atoms with Crippen LogP contribution in [0.3, 0.4) is 0 Å². The Morgan fingerprint density at radius 1 is 1.16 bits per heavy atom. The number of nitrogens with one attached hydrogen (secondary N) is 2. The summed E-state index contributed by atoms with van der Waals surface area (Å²) in [5, 5.41) is 15.3. The van der Waals surface area contributed by atoms with E-state index in [1.165, 1.54) is 0 Å². The molecule has 0 atom stereocenters. The summed E-state index contributed by atoms with van der Waals surface area (Å²) < 4.78 is 5.43. The van der Waals surface area contributed by atoms with E-state index in [-0.39, 0.29) is 12.6 Å². The van der Waals surface area contributed by atoms with E-state index in [9.17, 15) is 5.11 Å². The smallest absolute Gasteiger partial charge is 0.323 e. The first-order valence-corrected chi connectivity index (χ1v) is 6.52. The third-order valence-corrected chi connectivity index (χ3v) is 2.23. The van der Waals surface area contributed by atoms with Gasteiger partial charge < -0.3 is 20.5 Å². The predicted molar refractivity (Wildman–Crippen MR) is 74.6 cm³/mol. The van der Waals surface area contributed by atoms with E-state index in [1.807, 2.05) is 27.7 Å². The molecule has 0 aromatic carbocycles. The quantitative estimate of drug-likeness (QED) is 0.654. The zero-order valence-corrected chi connectivity index (χ0v) is 12.0.